The Balaban J connectivity index is 1.40. The van der Waals surface area contributed by atoms with Gasteiger partial charge in [0.15, 0.2) is 11.6 Å². The number of allylic oxidation sites excluding steroid dienone is 1. The molecule has 186 valence electrons. The van der Waals surface area contributed by atoms with E-state index < -0.39 is 0 Å². The lowest BCUT2D eigenvalue weighted by molar-refractivity contribution is 0.586. The zero-order valence-electron chi connectivity index (χ0n) is 20.6. The van der Waals surface area contributed by atoms with Gasteiger partial charge in [0.25, 0.3) is 0 Å². The topological polar surface area (TPSA) is 65.0 Å². The van der Waals surface area contributed by atoms with E-state index in [2.05, 4.69) is 18.2 Å². The van der Waals surface area contributed by atoms with E-state index >= 15 is 0 Å². The van der Waals surface area contributed by atoms with Crippen LogP contribution in [0, 0.1) is 0 Å². The fourth-order valence-electron chi connectivity index (χ4n) is 5.62. The van der Waals surface area contributed by atoms with Gasteiger partial charge in [-0.1, -0.05) is 78.3 Å². The lowest BCUT2D eigenvalue weighted by atomic mass is 9.88. The number of fused-ring (bicyclic) bond motifs is 6. The van der Waals surface area contributed by atoms with Crippen molar-refractivity contribution in [2.24, 2.45) is 0 Å². The van der Waals surface area contributed by atoms with E-state index in [9.17, 15) is 0 Å². The van der Waals surface area contributed by atoms with Crippen LogP contribution >= 0.6 is 11.6 Å². The Labute approximate surface area is 228 Å². The number of halogens is 1. The summed E-state index contributed by atoms with van der Waals surface area (Å²) in [6.45, 7) is 0. The second kappa shape index (κ2) is 8.65. The van der Waals surface area contributed by atoms with E-state index in [4.69, 9.17) is 35.4 Å². The molecule has 0 saturated heterocycles. The molecule has 1 atom stereocenters. The van der Waals surface area contributed by atoms with Gasteiger partial charge in [0.05, 0.1) is 5.92 Å². The molecule has 39 heavy (non-hydrogen) atoms. The van der Waals surface area contributed by atoms with E-state index in [1.54, 1.807) is 0 Å². The summed E-state index contributed by atoms with van der Waals surface area (Å²) in [5.74, 6) is 2.62. The number of hydrogen-bond acceptors (Lipinski definition) is 5. The normalized spacial score (nSPS) is 14.8. The highest BCUT2D eigenvalue weighted by Gasteiger charge is 2.29. The average Bonchev–Trinajstić information content (AvgIpc) is 3.55. The molecule has 5 nitrogen and oxygen atoms in total. The van der Waals surface area contributed by atoms with E-state index in [0.717, 1.165) is 61.8 Å². The molecule has 8 rings (SSSR count). The van der Waals surface area contributed by atoms with E-state index in [1.165, 1.54) is 0 Å². The van der Waals surface area contributed by atoms with E-state index in [-0.39, 0.29) is 5.92 Å². The summed E-state index contributed by atoms with van der Waals surface area (Å²) >= 11 is 6.38. The summed E-state index contributed by atoms with van der Waals surface area (Å²) in [7, 11) is 0. The molecule has 1 aliphatic rings. The molecule has 0 N–H and O–H groups in total. The van der Waals surface area contributed by atoms with E-state index in [1.807, 2.05) is 84.9 Å². The molecule has 6 heteroatoms. The van der Waals surface area contributed by atoms with Gasteiger partial charge < -0.3 is 8.83 Å². The number of nitrogens with zero attached hydrogens (tertiary/aromatic N) is 3. The Morgan fingerprint density at radius 1 is 0.692 bits per heavy atom. The third kappa shape index (κ3) is 3.58. The first-order chi connectivity index (χ1) is 19.2. The van der Waals surface area contributed by atoms with Crippen molar-refractivity contribution in [3.63, 3.8) is 0 Å². The Hall–Kier alpha value is -4.74. The number of hydrogen-bond donors (Lipinski definition) is 0. The van der Waals surface area contributed by atoms with Crippen molar-refractivity contribution in [3.8, 4) is 22.8 Å². The van der Waals surface area contributed by atoms with Crippen LogP contribution in [0.3, 0.4) is 0 Å². The molecule has 0 bridgehead atoms. The van der Waals surface area contributed by atoms with Crippen LogP contribution in [0.4, 0.5) is 0 Å². The summed E-state index contributed by atoms with van der Waals surface area (Å²) in [4.78, 5) is 15.1. The van der Waals surface area contributed by atoms with Gasteiger partial charge in [-0.15, -0.1) is 0 Å². The van der Waals surface area contributed by atoms with Crippen LogP contribution in [-0.2, 0) is 0 Å². The van der Waals surface area contributed by atoms with Gasteiger partial charge in [0, 0.05) is 37.9 Å². The largest absolute Gasteiger partial charge is 0.456 e. The van der Waals surface area contributed by atoms with Crippen molar-refractivity contribution in [1.82, 2.24) is 15.0 Å². The third-order valence-corrected chi connectivity index (χ3v) is 7.58. The predicted octanol–water partition coefficient (Wildman–Crippen LogP) is 9.05. The van der Waals surface area contributed by atoms with E-state index in [0.29, 0.717) is 22.5 Å². The second-order valence-corrected chi connectivity index (χ2v) is 10.1. The lowest BCUT2D eigenvalue weighted by Crippen LogP contribution is -2.11. The molecule has 3 aromatic heterocycles. The van der Waals surface area contributed by atoms with Crippen LogP contribution in [0.1, 0.15) is 29.5 Å². The molecule has 3 heterocycles. The summed E-state index contributed by atoms with van der Waals surface area (Å²) in [5.41, 5.74) is 5.32. The van der Waals surface area contributed by atoms with Crippen molar-refractivity contribution in [2.75, 3.05) is 0 Å². The van der Waals surface area contributed by atoms with Crippen LogP contribution in [0.5, 0.6) is 0 Å². The van der Waals surface area contributed by atoms with Crippen molar-refractivity contribution in [3.05, 3.63) is 119 Å². The molecule has 0 amide bonds. The zero-order valence-corrected chi connectivity index (χ0v) is 21.4. The third-order valence-electron chi connectivity index (χ3n) is 7.34. The minimum absolute atomic E-state index is 0.0892. The maximum absolute atomic E-state index is 6.38. The number of benzene rings is 4. The second-order valence-electron chi connectivity index (χ2n) is 9.69. The Morgan fingerprint density at radius 2 is 1.44 bits per heavy atom. The standard InChI is InChI=1S/C33H20ClN3O2/c34-20-9-5-8-19(18-20)31-35-32(23-12-6-16-27-29(23)21-10-1-3-14-25(21)38-27)37-33(36-31)24-13-7-17-28-30(24)22-11-2-4-15-26(22)39-28/h1-12,14-18,24H,13H2. The first-order valence-electron chi connectivity index (χ1n) is 12.8. The summed E-state index contributed by atoms with van der Waals surface area (Å²) in [6, 6.07) is 29.8. The van der Waals surface area contributed by atoms with Gasteiger partial charge in [-0.3, -0.25) is 0 Å². The van der Waals surface area contributed by atoms with Crippen LogP contribution < -0.4 is 0 Å². The van der Waals surface area contributed by atoms with Gasteiger partial charge in [-0.2, -0.15) is 0 Å². The van der Waals surface area contributed by atoms with Crippen LogP contribution in [0.15, 0.2) is 106 Å². The molecule has 1 aliphatic carbocycles. The van der Waals surface area contributed by atoms with Gasteiger partial charge in [-0.25, -0.2) is 15.0 Å². The average molecular weight is 526 g/mol. The van der Waals surface area contributed by atoms with Gasteiger partial charge >= 0.3 is 0 Å². The highest BCUT2D eigenvalue weighted by molar-refractivity contribution is 6.30. The fourth-order valence-corrected chi connectivity index (χ4v) is 5.81. The number of para-hydroxylation sites is 2. The number of rotatable bonds is 3. The monoisotopic (exact) mass is 525 g/mol. The maximum atomic E-state index is 6.38. The first-order valence-corrected chi connectivity index (χ1v) is 13.2. The Morgan fingerprint density at radius 3 is 2.31 bits per heavy atom. The van der Waals surface area contributed by atoms with Crippen molar-refractivity contribution in [2.45, 2.75) is 12.3 Å². The Kier molecular flexibility index (Phi) is 4.94. The smallest absolute Gasteiger partial charge is 0.164 e. The van der Waals surface area contributed by atoms with Gasteiger partial charge in [0.1, 0.15) is 28.3 Å². The highest BCUT2D eigenvalue weighted by atomic mass is 35.5. The maximum Gasteiger partial charge on any atom is 0.164 e. The lowest BCUT2D eigenvalue weighted by Gasteiger charge is -2.19. The minimum atomic E-state index is -0.0892. The summed E-state index contributed by atoms with van der Waals surface area (Å²) < 4.78 is 12.4. The number of aromatic nitrogens is 3. The molecule has 0 aliphatic heterocycles. The molecular weight excluding hydrogens is 506 g/mol. The SMILES string of the molecule is Clc1cccc(-c2nc(-c3cccc4oc5ccccc5c34)nc(C3CC=Cc4oc5ccccc5c43)n2)c1. The molecular formula is C33H20ClN3O2. The quantitative estimate of drug-likeness (QED) is 0.230. The first kappa shape index (κ1) is 22.3. The van der Waals surface area contributed by atoms with Crippen molar-refractivity contribution < 1.29 is 8.83 Å². The molecule has 7 aromatic rings. The molecule has 0 spiro atoms. The summed E-state index contributed by atoms with van der Waals surface area (Å²) in [5, 5.41) is 3.72. The van der Waals surface area contributed by atoms with Gasteiger partial charge in [-0.05, 0) is 42.8 Å². The van der Waals surface area contributed by atoms with Crippen molar-refractivity contribution in [1.29, 1.82) is 0 Å². The molecule has 0 saturated carbocycles. The highest BCUT2D eigenvalue weighted by Crippen LogP contribution is 2.42. The van der Waals surface area contributed by atoms with Crippen molar-refractivity contribution >= 4 is 50.6 Å². The fraction of sp³-hybridized carbons (Fsp3) is 0.0606. The van der Waals surface area contributed by atoms with Crippen LogP contribution in [0.2, 0.25) is 5.02 Å². The molecule has 1 unspecified atom stereocenters. The predicted molar refractivity (Wildman–Crippen MR) is 155 cm³/mol. The van der Waals surface area contributed by atoms with Gasteiger partial charge in [0.2, 0.25) is 0 Å². The Bertz CT molecular complexity index is 2090. The van der Waals surface area contributed by atoms with Crippen LogP contribution in [0.25, 0.3) is 61.8 Å². The summed E-state index contributed by atoms with van der Waals surface area (Å²) in [6.07, 6.45) is 4.93. The minimum Gasteiger partial charge on any atom is -0.456 e. The molecule has 0 fully saturated rings. The molecule has 4 aromatic carbocycles. The van der Waals surface area contributed by atoms with Crippen LogP contribution in [-0.4, -0.2) is 15.0 Å². The molecule has 0 radical (unpaired) electrons. The zero-order chi connectivity index (χ0) is 25.9. The number of furan rings is 2.